The third kappa shape index (κ3) is 3.84. The number of halogens is 1. The molecule has 0 saturated carbocycles. The molecule has 2 N–H and O–H groups in total. The Morgan fingerprint density at radius 2 is 1.95 bits per heavy atom. The number of aromatic amines is 1. The minimum atomic E-state index is -3.75. The van der Waals surface area contributed by atoms with Crippen molar-refractivity contribution in [1.29, 1.82) is 0 Å². The molecule has 8 heteroatoms. The zero-order valence-electron chi connectivity index (χ0n) is 11.1. The molecular formula is C13H13ClN2O4S. The van der Waals surface area contributed by atoms with Crippen LogP contribution < -0.4 is 15.0 Å². The summed E-state index contributed by atoms with van der Waals surface area (Å²) in [6.45, 7) is 0.114. The van der Waals surface area contributed by atoms with Gasteiger partial charge in [-0.1, -0.05) is 23.7 Å². The Morgan fingerprint density at radius 1 is 1.29 bits per heavy atom. The van der Waals surface area contributed by atoms with E-state index in [0.29, 0.717) is 5.75 Å². The van der Waals surface area contributed by atoms with Gasteiger partial charge in [0.2, 0.25) is 10.0 Å². The number of ether oxygens (including phenoxy) is 1. The highest BCUT2D eigenvalue weighted by Gasteiger charge is 2.15. The second-order valence-electron chi connectivity index (χ2n) is 4.19. The number of aromatic nitrogens is 1. The van der Waals surface area contributed by atoms with Crippen LogP contribution in [0.1, 0.15) is 5.56 Å². The number of sulfonamides is 1. The number of pyridine rings is 1. The van der Waals surface area contributed by atoms with E-state index in [1.54, 1.807) is 31.4 Å². The predicted octanol–water partition coefficient (Wildman–Crippen LogP) is 1.52. The van der Waals surface area contributed by atoms with Gasteiger partial charge in [-0.15, -0.1) is 0 Å². The third-order valence-corrected chi connectivity index (χ3v) is 4.43. The fraction of sp³-hybridized carbons (Fsp3) is 0.154. The van der Waals surface area contributed by atoms with Crippen LogP contribution in [0.3, 0.4) is 0 Å². The smallest absolute Gasteiger partial charge is 0.266 e. The van der Waals surface area contributed by atoms with Crippen LogP contribution in [0.5, 0.6) is 5.75 Å². The molecule has 6 nitrogen and oxygen atoms in total. The normalized spacial score (nSPS) is 11.3. The SMILES string of the molecule is COc1ccc(CNS(=O)(=O)c2c[nH]c(=O)c(Cl)c2)cc1. The lowest BCUT2D eigenvalue weighted by Gasteiger charge is -2.07. The molecule has 0 atom stereocenters. The summed E-state index contributed by atoms with van der Waals surface area (Å²) in [6.07, 6.45) is 1.10. The lowest BCUT2D eigenvalue weighted by Crippen LogP contribution is -2.24. The molecule has 21 heavy (non-hydrogen) atoms. The quantitative estimate of drug-likeness (QED) is 0.871. The van der Waals surface area contributed by atoms with E-state index < -0.39 is 15.6 Å². The zero-order valence-corrected chi connectivity index (χ0v) is 12.7. The molecule has 0 fully saturated rings. The highest BCUT2D eigenvalue weighted by molar-refractivity contribution is 7.89. The summed E-state index contributed by atoms with van der Waals surface area (Å²) in [5.74, 6) is 0.689. The summed E-state index contributed by atoms with van der Waals surface area (Å²) >= 11 is 5.62. The number of hydrogen-bond acceptors (Lipinski definition) is 4. The minimum Gasteiger partial charge on any atom is -0.497 e. The maximum Gasteiger partial charge on any atom is 0.266 e. The molecule has 0 saturated heterocycles. The van der Waals surface area contributed by atoms with Crippen molar-refractivity contribution >= 4 is 21.6 Å². The molecular weight excluding hydrogens is 316 g/mol. The van der Waals surface area contributed by atoms with Crippen molar-refractivity contribution in [2.75, 3.05) is 7.11 Å². The highest BCUT2D eigenvalue weighted by Crippen LogP contribution is 2.13. The van der Waals surface area contributed by atoms with Crippen LogP contribution in [0.15, 0.2) is 46.2 Å². The molecule has 0 unspecified atom stereocenters. The molecule has 0 aliphatic carbocycles. The first-order chi connectivity index (χ1) is 9.92. The van der Waals surface area contributed by atoms with Crippen LogP contribution in [-0.4, -0.2) is 20.5 Å². The second-order valence-corrected chi connectivity index (χ2v) is 6.36. The molecule has 1 aromatic heterocycles. The van der Waals surface area contributed by atoms with Gasteiger partial charge in [0.05, 0.1) is 12.0 Å². The average Bonchev–Trinajstić information content (AvgIpc) is 2.48. The standard InChI is InChI=1S/C13H13ClN2O4S/c1-20-10-4-2-9(3-5-10)7-16-21(18,19)11-6-12(14)13(17)15-8-11/h2-6,8,16H,7H2,1H3,(H,15,17). The number of H-pyrrole nitrogens is 1. The van der Waals surface area contributed by atoms with Gasteiger partial charge < -0.3 is 9.72 Å². The van der Waals surface area contributed by atoms with Crippen LogP contribution in [0.2, 0.25) is 5.02 Å². The molecule has 0 radical (unpaired) electrons. The van der Waals surface area contributed by atoms with Gasteiger partial charge in [0, 0.05) is 12.7 Å². The van der Waals surface area contributed by atoms with E-state index in [1.807, 2.05) is 0 Å². The molecule has 0 amide bonds. The van der Waals surface area contributed by atoms with E-state index in [9.17, 15) is 13.2 Å². The van der Waals surface area contributed by atoms with Crippen LogP contribution in [0, 0.1) is 0 Å². The Hall–Kier alpha value is -1.83. The van der Waals surface area contributed by atoms with Crippen LogP contribution in [-0.2, 0) is 16.6 Å². The first-order valence-electron chi connectivity index (χ1n) is 5.93. The van der Waals surface area contributed by atoms with E-state index in [-0.39, 0.29) is 16.5 Å². The number of nitrogens with one attached hydrogen (secondary N) is 2. The highest BCUT2D eigenvalue weighted by atomic mass is 35.5. The Bertz CT molecular complexity index is 785. The molecule has 1 heterocycles. The first kappa shape index (κ1) is 15.6. The molecule has 0 bridgehead atoms. The molecule has 1 aromatic carbocycles. The Labute approximate surface area is 126 Å². The van der Waals surface area contributed by atoms with Gasteiger partial charge in [0.25, 0.3) is 5.56 Å². The monoisotopic (exact) mass is 328 g/mol. The Morgan fingerprint density at radius 3 is 2.52 bits per heavy atom. The lowest BCUT2D eigenvalue weighted by atomic mass is 10.2. The summed E-state index contributed by atoms with van der Waals surface area (Å²) in [4.78, 5) is 13.3. The molecule has 2 rings (SSSR count). The van der Waals surface area contributed by atoms with E-state index in [4.69, 9.17) is 16.3 Å². The van der Waals surface area contributed by atoms with Crippen LogP contribution >= 0.6 is 11.6 Å². The van der Waals surface area contributed by atoms with Crippen molar-refractivity contribution in [3.63, 3.8) is 0 Å². The fourth-order valence-corrected chi connectivity index (χ4v) is 2.85. The van der Waals surface area contributed by atoms with Crippen molar-refractivity contribution in [2.24, 2.45) is 0 Å². The van der Waals surface area contributed by atoms with Gasteiger partial charge in [-0.25, -0.2) is 13.1 Å². The van der Waals surface area contributed by atoms with E-state index in [0.717, 1.165) is 17.8 Å². The maximum absolute atomic E-state index is 12.1. The summed E-state index contributed by atoms with van der Waals surface area (Å²) in [5.41, 5.74) is 0.237. The minimum absolute atomic E-state index is 0.0967. The van der Waals surface area contributed by atoms with Crippen molar-refractivity contribution in [2.45, 2.75) is 11.4 Å². The third-order valence-electron chi connectivity index (χ3n) is 2.77. The van der Waals surface area contributed by atoms with Gasteiger partial charge in [-0.05, 0) is 23.8 Å². The molecule has 0 aliphatic rings. The fourth-order valence-electron chi connectivity index (χ4n) is 1.60. The largest absolute Gasteiger partial charge is 0.497 e. The van der Waals surface area contributed by atoms with Crippen molar-refractivity contribution in [1.82, 2.24) is 9.71 Å². The first-order valence-corrected chi connectivity index (χ1v) is 7.79. The molecule has 0 spiro atoms. The van der Waals surface area contributed by atoms with Gasteiger partial charge in [0.1, 0.15) is 10.8 Å². The van der Waals surface area contributed by atoms with E-state index in [1.165, 1.54) is 0 Å². The molecule has 2 aromatic rings. The molecule has 0 aliphatic heterocycles. The Balaban J connectivity index is 2.13. The predicted molar refractivity (Wildman–Crippen MR) is 79.1 cm³/mol. The zero-order chi connectivity index (χ0) is 15.5. The number of rotatable bonds is 5. The van der Waals surface area contributed by atoms with E-state index in [2.05, 4.69) is 9.71 Å². The molecule has 112 valence electrons. The van der Waals surface area contributed by atoms with Crippen molar-refractivity contribution in [3.8, 4) is 5.75 Å². The summed E-state index contributed by atoms with van der Waals surface area (Å²) in [7, 11) is -2.20. The topological polar surface area (TPSA) is 88.3 Å². The van der Waals surface area contributed by atoms with Gasteiger partial charge >= 0.3 is 0 Å². The van der Waals surface area contributed by atoms with Crippen LogP contribution in [0.25, 0.3) is 0 Å². The Kier molecular flexibility index (Phi) is 4.66. The van der Waals surface area contributed by atoms with Crippen molar-refractivity contribution < 1.29 is 13.2 Å². The maximum atomic E-state index is 12.1. The van der Waals surface area contributed by atoms with Gasteiger partial charge in [-0.2, -0.15) is 0 Å². The second kappa shape index (κ2) is 6.30. The number of hydrogen-bond donors (Lipinski definition) is 2. The number of methoxy groups -OCH3 is 1. The van der Waals surface area contributed by atoms with Gasteiger partial charge in [-0.3, -0.25) is 4.79 Å². The van der Waals surface area contributed by atoms with Gasteiger partial charge in [0.15, 0.2) is 0 Å². The average molecular weight is 329 g/mol. The number of benzene rings is 1. The van der Waals surface area contributed by atoms with Crippen LogP contribution in [0.4, 0.5) is 0 Å². The lowest BCUT2D eigenvalue weighted by molar-refractivity contribution is 0.414. The summed E-state index contributed by atoms with van der Waals surface area (Å²) < 4.78 is 31.6. The van der Waals surface area contributed by atoms with Crippen molar-refractivity contribution in [3.05, 3.63) is 57.5 Å². The van der Waals surface area contributed by atoms with E-state index >= 15 is 0 Å². The summed E-state index contributed by atoms with van der Waals surface area (Å²) in [6, 6.07) is 8.08. The summed E-state index contributed by atoms with van der Waals surface area (Å²) in [5, 5.41) is -0.178.